The van der Waals surface area contributed by atoms with E-state index in [1.165, 1.54) is 19.2 Å². The standard InChI is InChI=1S/C13H12Cl2N4O2/c1-21-8-2-3-9(14)10(6-8)17-13(20)7-4-11(15)18-12(5-7)19-16/h2-6H,16H2,1H3,(H,17,20)(H,18,19). The molecule has 1 aromatic heterocycles. The lowest BCUT2D eigenvalue weighted by molar-refractivity contribution is 0.102. The van der Waals surface area contributed by atoms with Gasteiger partial charge in [0.25, 0.3) is 5.91 Å². The lowest BCUT2D eigenvalue weighted by Gasteiger charge is -2.10. The fourth-order valence-corrected chi connectivity index (χ4v) is 2.00. The molecule has 0 saturated carbocycles. The summed E-state index contributed by atoms with van der Waals surface area (Å²) in [6, 6.07) is 7.83. The van der Waals surface area contributed by atoms with Gasteiger partial charge in [-0.1, -0.05) is 23.2 Å². The molecule has 8 heteroatoms. The maximum atomic E-state index is 12.2. The fourth-order valence-electron chi connectivity index (χ4n) is 1.62. The summed E-state index contributed by atoms with van der Waals surface area (Å²) >= 11 is 11.9. The number of nitrogens with one attached hydrogen (secondary N) is 2. The van der Waals surface area contributed by atoms with E-state index in [1.807, 2.05) is 0 Å². The van der Waals surface area contributed by atoms with E-state index in [4.69, 9.17) is 33.8 Å². The molecule has 0 radical (unpaired) electrons. The average molecular weight is 327 g/mol. The van der Waals surface area contributed by atoms with E-state index in [2.05, 4.69) is 15.7 Å². The molecule has 4 N–H and O–H groups in total. The molecule has 0 aliphatic heterocycles. The van der Waals surface area contributed by atoms with Crippen LogP contribution in [0.1, 0.15) is 10.4 Å². The molecule has 0 atom stereocenters. The van der Waals surface area contributed by atoms with Gasteiger partial charge in [0.2, 0.25) is 0 Å². The summed E-state index contributed by atoms with van der Waals surface area (Å²) in [7, 11) is 1.52. The first-order valence-electron chi connectivity index (χ1n) is 5.82. The number of pyridine rings is 1. The Labute approximate surface area is 131 Å². The quantitative estimate of drug-likeness (QED) is 0.456. The lowest BCUT2D eigenvalue weighted by Crippen LogP contribution is -2.15. The molecular weight excluding hydrogens is 315 g/mol. The van der Waals surface area contributed by atoms with E-state index in [1.54, 1.807) is 18.2 Å². The monoisotopic (exact) mass is 326 g/mol. The number of ether oxygens (including phenoxy) is 1. The van der Waals surface area contributed by atoms with Crippen molar-refractivity contribution in [2.75, 3.05) is 17.9 Å². The Balaban J connectivity index is 2.27. The van der Waals surface area contributed by atoms with Gasteiger partial charge in [0.05, 0.1) is 17.8 Å². The largest absolute Gasteiger partial charge is 0.497 e. The van der Waals surface area contributed by atoms with Crippen molar-refractivity contribution in [2.24, 2.45) is 5.84 Å². The fraction of sp³-hybridized carbons (Fsp3) is 0.0769. The van der Waals surface area contributed by atoms with Crippen LogP contribution in [0.2, 0.25) is 10.2 Å². The summed E-state index contributed by atoms with van der Waals surface area (Å²) in [6.45, 7) is 0. The van der Waals surface area contributed by atoms with Gasteiger partial charge in [-0.15, -0.1) is 0 Å². The number of hydrazine groups is 1. The molecule has 1 aromatic carbocycles. The number of aromatic nitrogens is 1. The molecule has 1 heterocycles. The van der Waals surface area contributed by atoms with Gasteiger partial charge in [0.1, 0.15) is 16.7 Å². The molecule has 2 rings (SSSR count). The highest BCUT2D eigenvalue weighted by Crippen LogP contribution is 2.27. The molecule has 0 fully saturated rings. The highest BCUT2D eigenvalue weighted by Gasteiger charge is 2.12. The first-order chi connectivity index (χ1) is 10.0. The third-order valence-electron chi connectivity index (χ3n) is 2.63. The summed E-state index contributed by atoms with van der Waals surface area (Å²) in [5.41, 5.74) is 3.06. The maximum Gasteiger partial charge on any atom is 0.255 e. The number of rotatable bonds is 4. The Kier molecular flexibility index (Phi) is 4.85. The van der Waals surface area contributed by atoms with Crippen LogP contribution in [-0.4, -0.2) is 18.0 Å². The number of halogens is 2. The molecule has 0 spiro atoms. The number of amides is 1. The van der Waals surface area contributed by atoms with Crippen LogP contribution in [0.3, 0.4) is 0 Å². The number of nitrogens with zero attached hydrogens (tertiary/aromatic N) is 1. The molecule has 0 bridgehead atoms. The molecule has 2 aromatic rings. The number of benzene rings is 1. The molecule has 0 aliphatic rings. The molecule has 6 nitrogen and oxygen atoms in total. The number of nitrogen functional groups attached to an aromatic ring is 1. The van der Waals surface area contributed by atoms with Gasteiger partial charge >= 0.3 is 0 Å². The Bertz CT molecular complexity index is 679. The van der Waals surface area contributed by atoms with Gasteiger partial charge in [-0.2, -0.15) is 0 Å². The van der Waals surface area contributed by atoms with Crippen LogP contribution in [0.4, 0.5) is 11.5 Å². The summed E-state index contributed by atoms with van der Waals surface area (Å²) < 4.78 is 5.09. The second-order valence-corrected chi connectivity index (χ2v) is 4.80. The van der Waals surface area contributed by atoms with Crippen molar-refractivity contribution in [3.05, 3.63) is 46.1 Å². The number of carbonyl (C=O) groups excluding carboxylic acids is 1. The zero-order valence-corrected chi connectivity index (χ0v) is 12.5. The smallest absolute Gasteiger partial charge is 0.255 e. The van der Waals surface area contributed by atoms with Crippen LogP contribution in [-0.2, 0) is 0 Å². The Hall–Kier alpha value is -2.02. The first kappa shape index (κ1) is 15.4. The van der Waals surface area contributed by atoms with Crippen LogP contribution < -0.4 is 21.3 Å². The van der Waals surface area contributed by atoms with Crippen molar-refractivity contribution < 1.29 is 9.53 Å². The number of hydrogen-bond acceptors (Lipinski definition) is 5. The van der Waals surface area contributed by atoms with Crippen molar-refractivity contribution in [3.63, 3.8) is 0 Å². The zero-order chi connectivity index (χ0) is 15.4. The average Bonchev–Trinajstić information content (AvgIpc) is 2.48. The van der Waals surface area contributed by atoms with Crippen molar-refractivity contribution in [3.8, 4) is 5.75 Å². The minimum absolute atomic E-state index is 0.146. The first-order valence-corrected chi connectivity index (χ1v) is 6.58. The third-order valence-corrected chi connectivity index (χ3v) is 3.15. The lowest BCUT2D eigenvalue weighted by atomic mass is 10.2. The highest BCUT2D eigenvalue weighted by atomic mass is 35.5. The number of hydrogen-bond donors (Lipinski definition) is 3. The summed E-state index contributed by atoms with van der Waals surface area (Å²) in [5.74, 6) is 5.72. The summed E-state index contributed by atoms with van der Waals surface area (Å²) in [6.07, 6.45) is 0. The van der Waals surface area contributed by atoms with Crippen molar-refractivity contribution >= 4 is 40.6 Å². The van der Waals surface area contributed by atoms with Crippen LogP contribution in [0, 0.1) is 0 Å². The van der Waals surface area contributed by atoms with E-state index >= 15 is 0 Å². The van der Waals surface area contributed by atoms with Crippen LogP contribution in [0.25, 0.3) is 0 Å². The molecule has 0 unspecified atom stereocenters. The zero-order valence-electron chi connectivity index (χ0n) is 11.0. The second-order valence-electron chi connectivity index (χ2n) is 4.01. The van der Waals surface area contributed by atoms with Gasteiger partial charge in [-0.3, -0.25) is 4.79 Å². The van der Waals surface area contributed by atoms with Gasteiger partial charge in [-0.05, 0) is 24.3 Å². The molecule has 21 heavy (non-hydrogen) atoms. The second kappa shape index (κ2) is 6.62. The minimum atomic E-state index is -0.397. The van der Waals surface area contributed by atoms with E-state index in [0.29, 0.717) is 22.0 Å². The molecule has 0 saturated heterocycles. The van der Waals surface area contributed by atoms with Crippen molar-refractivity contribution in [2.45, 2.75) is 0 Å². The molecule has 0 aliphatic carbocycles. The van der Waals surface area contributed by atoms with E-state index in [-0.39, 0.29) is 11.0 Å². The number of nitrogens with two attached hydrogens (primary N) is 1. The van der Waals surface area contributed by atoms with Crippen LogP contribution in [0.15, 0.2) is 30.3 Å². The number of methoxy groups -OCH3 is 1. The topological polar surface area (TPSA) is 89.3 Å². The predicted molar refractivity (Wildman–Crippen MR) is 83.0 cm³/mol. The number of carbonyl (C=O) groups is 1. The van der Waals surface area contributed by atoms with Crippen LogP contribution in [0.5, 0.6) is 5.75 Å². The third kappa shape index (κ3) is 3.75. The summed E-state index contributed by atoms with van der Waals surface area (Å²) in [4.78, 5) is 16.1. The SMILES string of the molecule is COc1ccc(Cl)c(NC(=O)c2cc(Cl)nc(NN)c2)c1. The van der Waals surface area contributed by atoms with Crippen molar-refractivity contribution in [1.29, 1.82) is 0 Å². The Morgan fingerprint density at radius 2 is 2.05 bits per heavy atom. The molecule has 110 valence electrons. The molecule has 1 amide bonds. The van der Waals surface area contributed by atoms with Crippen molar-refractivity contribution in [1.82, 2.24) is 4.98 Å². The number of anilines is 2. The van der Waals surface area contributed by atoms with Gasteiger partial charge in [0, 0.05) is 11.6 Å². The molecular formula is C13H12Cl2N4O2. The normalized spacial score (nSPS) is 10.1. The van der Waals surface area contributed by atoms with Crippen LogP contribution >= 0.6 is 23.2 Å². The van der Waals surface area contributed by atoms with E-state index in [9.17, 15) is 4.79 Å². The van der Waals surface area contributed by atoms with E-state index in [0.717, 1.165) is 0 Å². The maximum absolute atomic E-state index is 12.2. The van der Waals surface area contributed by atoms with Gasteiger partial charge < -0.3 is 15.5 Å². The summed E-state index contributed by atoms with van der Waals surface area (Å²) in [5, 5.41) is 3.21. The minimum Gasteiger partial charge on any atom is -0.497 e. The van der Waals surface area contributed by atoms with Gasteiger partial charge in [0.15, 0.2) is 0 Å². The Morgan fingerprint density at radius 1 is 1.29 bits per heavy atom. The highest BCUT2D eigenvalue weighted by molar-refractivity contribution is 6.34. The van der Waals surface area contributed by atoms with E-state index < -0.39 is 5.91 Å². The predicted octanol–water partition coefficient (Wildman–Crippen LogP) is 2.93. The van der Waals surface area contributed by atoms with Gasteiger partial charge in [-0.25, -0.2) is 10.8 Å². The Morgan fingerprint density at radius 3 is 2.71 bits per heavy atom.